The van der Waals surface area contributed by atoms with Crippen molar-refractivity contribution in [1.29, 1.82) is 0 Å². The lowest BCUT2D eigenvalue weighted by Gasteiger charge is -2.15. The Bertz CT molecular complexity index is 1250. The summed E-state index contributed by atoms with van der Waals surface area (Å²) < 4.78 is 15.6. The van der Waals surface area contributed by atoms with E-state index in [2.05, 4.69) is 28.7 Å². The van der Waals surface area contributed by atoms with E-state index in [1.807, 2.05) is 36.4 Å². The molecular weight excluding hydrogens is 405 g/mol. The van der Waals surface area contributed by atoms with Crippen LogP contribution >= 0.6 is 0 Å². The molecule has 0 bridgehead atoms. The van der Waals surface area contributed by atoms with Gasteiger partial charge in [-0.2, -0.15) is 0 Å². The van der Waals surface area contributed by atoms with Gasteiger partial charge in [-0.3, -0.25) is 9.78 Å². The molecule has 0 atom stereocenters. The van der Waals surface area contributed by atoms with Crippen LogP contribution in [0.1, 0.15) is 52.6 Å². The Balaban J connectivity index is 1.80. The lowest BCUT2D eigenvalue weighted by molar-refractivity contribution is 0.0951. The molecule has 2 heterocycles. The number of fused-ring (bicyclic) bond motifs is 1. The Hall–Kier alpha value is -3.51. The van der Waals surface area contributed by atoms with Crippen LogP contribution in [-0.4, -0.2) is 20.6 Å². The van der Waals surface area contributed by atoms with Gasteiger partial charge in [-0.1, -0.05) is 44.2 Å². The molecule has 6 heteroatoms. The predicted molar refractivity (Wildman–Crippen MR) is 123 cm³/mol. The van der Waals surface area contributed by atoms with Crippen LogP contribution in [0, 0.1) is 5.82 Å². The first-order chi connectivity index (χ1) is 15.5. The molecule has 2 aromatic carbocycles. The van der Waals surface area contributed by atoms with E-state index in [-0.39, 0.29) is 30.8 Å². The highest BCUT2D eigenvalue weighted by Gasteiger charge is 2.25. The van der Waals surface area contributed by atoms with Gasteiger partial charge in [-0.25, -0.2) is 4.39 Å². The maximum Gasteiger partial charge on any atom is 0.254 e. The molecule has 0 aliphatic heterocycles. The van der Waals surface area contributed by atoms with Gasteiger partial charge in [0.2, 0.25) is 0 Å². The summed E-state index contributed by atoms with van der Waals surface area (Å²) >= 11 is 0. The molecule has 32 heavy (non-hydrogen) atoms. The van der Waals surface area contributed by atoms with Crippen LogP contribution in [0.4, 0.5) is 4.39 Å². The lowest BCUT2D eigenvalue weighted by Crippen LogP contribution is -2.24. The Morgan fingerprint density at radius 2 is 1.94 bits per heavy atom. The van der Waals surface area contributed by atoms with Crippen molar-refractivity contribution >= 4 is 16.8 Å². The van der Waals surface area contributed by atoms with Gasteiger partial charge in [0.05, 0.1) is 24.4 Å². The molecule has 0 aliphatic carbocycles. The molecule has 2 N–H and O–H groups in total. The monoisotopic (exact) mass is 431 g/mol. The molecule has 164 valence electrons. The fourth-order valence-corrected chi connectivity index (χ4v) is 4.09. The molecule has 2 aromatic heterocycles. The van der Waals surface area contributed by atoms with Crippen molar-refractivity contribution in [2.75, 3.05) is 0 Å². The highest BCUT2D eigenvalue weighted by atomic mass is 19.1. The van der Waals surface area contributed by atoms with Gasteiger partial charge in [0, 0.05) is 29.3 Å². The van der Waals surface area contributed by atoms with E-state index in [0.717, 1.165) is 27.9 Å². The van der Waals surface area contributed by atoms with Crippen LogP contribution in [0.2, 0.25) is 0 Å². The minimum absolute atomic E-state index is 0.0682. The van der Waals surface area contributed by atoms with E-state index >= 15 is 0 Å². The van der Waals surface area contributed by atoms with E-state index < -0.39 is 0 Å². The lowest BCUT2D eigenvalue weighted by atomic mass is 10.0. The number of nitrogens with zero attached hydrogens (tertiary/aromatic N) is 2. The topological polar surface area (TPSA) is 67.2 Å². The third-order valence-corrected chi connectivity index (χ3v) is 5.51. The second-order valence-electron chi connectivity index (χ2n) is 8.14. The average Bonchev–Trinajstić information content (AvgIpc) is 3.12. The third kappa shape index (κ3) is 4.41. The second-order valence-corrected chi connectivity index (χ2v) is 8.14. The number of benzene rings is 2. The fraction of sp³-hybridized carbons (Fsp3) is 0.231. The number of aromatic nitrogens is 2. The molecule has 5 nitrogen and oxygen atoms in total. The van der Waals surface area contributed by atoms with Gasteiger partial charge in [-0.15, -0.1) is 0 Å². The van der Waals surface area contributed by atoms with Crippen LogP contribution in [0.3, 0.4) is 0 Å². The van der Waals surface area contributed by atoms with Gasteiger partial charge in [0.25, 0.3) is 5.91 Å². The number of rotatable bonds is 7. The number of aliphatic hydroxyl groups excluding tert-OH is 1. The number of hydrogen-bond donors (Lipinski definition) is 2. The molecule has 0 aliphatic rings. The summed E-state index contributed by atoms with van der Waals surface area (Å²) in [7, 11) is 0. The molecule has 0 spiro atoms. The van der Waals surface area contributed by atoms with E-state index in [0.29, 0.717) is 17.7 Å². The van der Waals surface area contributed by atoms with Crippen LogP contribution < -0.4 is 5.32 Å². The normalized spacial score (nSPS) is 11.3. The largest absolute Gasteiger partial charge is 0.392 e. The summed E-state index contributed by atoms with van der Waals surface area (Å²) in [6.45, 7) is 4.77. The van der Waals surface area contributed by atoms with Crippen LogP contribution in [0.25, 0.3) is 10.9 Å². The Morgan fingerprint density at radius 1 is 1.09 bits per heavy atom. The zero-order chi connectivity index (χ0) is 22.7. The van der Waals surface area contributed by atoms with Gasteiger partial charge in [-0.05, 0) is 47.4 Å². The van der Waals surface area contributed by atoms with Crippen molar-refractivity contribution in [3.8, 4) is 0 Å². The predicted octanol–water partition coefficient (Wildman–Crippen LogP) is 4.77. The van der Waals surface area contributed by atoms with Gasteiger partial charge in [0.1, 0.15) is 5.82 Å². The third-order valence-electron chi connectivity index (χ3n) is 5.51. The number of carbonyl (C=O) groups is 1. The Labute approximate surface area is 186 Å². The molecule has 0 fully saturated rings. The van der Waals surface area contributed by atoms with Crippen molar-refractivity contribution in [3.05, 3.63) is 101 Å². The van der Waals surface area contributed by atoms with Crippen molar-refractivity contribution < 1.29 is 14.3 Å². The van der Waals surface area contributed by atoms with E-state index in [1.165, 1.54) is 12.1 Å². The molecule has 0 saturated heterocycles. The number of carbonyl (C=O) groups excluding carboxylic acids is 1. The van der Waals surface area contributed by atoms with E-state index in [4.69, 9.17) is 0 Å². The van der Waals surface area contributed by atoms with Crippen LogP contribution in [0.5, 0.6) is 0 Å². The highest BCUT2D eigenvalue weighted by molar-refractivity contribution is 6.08. The molecule has 0 radical (unpaired) electrons. The van der Waals surface area contributed by atoms with Crippen molar-refractivity contribution in [2.24, 2.45) is 0 Å². The number of pyridine rings is 1. The molecular formula is C26H26FN3O2. The summed E-state index contributed by atoms with van der Waals surface area (Å²) in [6, 6.07) is 17.6. The Morgan fingerprint density at radius 3 is 2.62 bits per heavy atom. The molecule has 4 rings (SSSR count). The zero-order valence-electron chi connectivity index (χ0n) is 18.2. The molecule has 4 aromatic rings. The average molecular weight is 432 g/mol. The fourth-order valence-electron chi connectivity index (χ4n) is 4.09. The van der Waals surface area contributed by atoms with Crippen molar-refractivity contribution in [2.45, 2.75) is 39.5 Å². The first kappa shape index (κ1) is 21.7. The maximum absolute atomic E-state index is 13.5. The van der Waals surface area contributed by atoms with Crippen molar-refractivity contribution in [1.82, 2.24) is 14.9 Å². The number of amides is 1. The number of halogens is 1. The summed E-state index contributed by atoms with van der Waals surface area (Å²) in [5, 5.41) is 13.4. The summed E-state index contributed by atoms with van der Waals surface area (Å²) in [5.41, 5.74) is 4.74. The molecule has 1 amide bonds. The Kier molecular flexibility index (Phi) is 6.32. The van der Waals surface area contributed by atoms with E-state index in [1.54, 1.807) is 18.3 Å². The molecule has 0 saturated carbocycles. The van der Waals surface area contributed by atoms with Gasteiger partial charge >= 0.3 is 0 Å². The zero-order valence-corrected chi connectivity index (χ0v) is 18.2. The van der Waals surface area contributed by atoms with E-state index in [9.17, 15) is 14.3 Å². The summed E-state index contributed by atoms with van der Waals surface area (Å²) in [5.74, 6) is -0.471. The summed E-state index contributed by atoms with van der Waals surface area (Å²) in [6.07, 6.45) is 1.75. The quantitative estimate of drug-likeness (QED) is 0.443. The highest BCUT2D eigenvalue weighted by Crippen LogP contribution is 2.33. The standard InChI is InChI=1S/C26H26FN3O2/c1-17(2)25-24(26(32)29-14-18-6-5-7-20(27)12-18)22-10-9-19(16-31)13-23(22)30(25)15-21-8-3-4-11-28-21/h3-13,17,31H,14-16H2,1-2H3,(H,29,32). The number of hydrogen-bond acceptors (Lipinski definition) is 3. The first-order valence-corrected chi connectivity index (χ1v) is 10.7. The van der Waals surface area contributed by atoms with Crippen molar-refractivity contribution in [3.63, 3.8) is 0 Å². The van der Waals surface area contributed by atoms with Gasteiger partial charge in [0.15, 0.2) is 0 Å². The number of nitrogens with one attached hydrogen (secondary N) is 1. The van der Waals surface area contributed by atoms with Crippen LogP contribution in [0.15, 0.2) is 66.9 Å². The minimum Gasteiger partial charge on any atom is -0.392 e. The first-order valence-electron chi connectivity index (χ1n) is 10.7. The summed E-state index contributed by atoms with van der Waals surface area (Å²) in [4.78, 5) is 17.8. The maximum atomic E-state index is 13.5. The SMILES string of the molecule is CC(C)c1c(C(=O)NCc2cccc(F)c2)c2ccc(CO)cc2n1Cc1ccccn1. The second kappa shape index (κ2) is 9.32. The smallest absolute Gasteiger partial charge is 0.254 e. The van der Waals surface area contributed by atoms with Crippen LogP contribution in [-0.2, 0) is 19.7 Å². The van der Waals surface area contributed by atoms with Gasteiger partial charge < -0.3 is 15.0 Å². The number of aliphatic hydroxyl groups is 1. The minimum atomic E-state index is -0.330. The molecule has 0 unspecified atom stereocenters.